The Hall–Kier alpha value is -2.26. The van der Waals surface area contributed by atoms with Crippen LogP contribution in [-0.4, -0.2) is 21.4 Å². The maximum absolute atomic E-state index is 12.3. The minimum absolute atomic E-state index is 0.0146. The highest BCUT2D eigenvalue weighted by atomic mass is 32.2. The number of hydrogen-bond acceptors (Lipinski definition) is 4. The van der Waals surface area contributed by atoms with E-state index in [0.717, 1.165) is 24.3 Å². The van der Waals surface area contributed by atoms with Crippen LogP contribution in [0.3, 0.4) is 0 Å². The van der Waals surface area contributed by atoms with Gasteiger partial charge in [-0.15, -0.1) is 13.2 Å². The lowest BCUT2D eigenvalue weighted by atomic mass is 10.2. The smallest absolute Gasteiger partial charge is 0.494 e. The molecule has 9 heteroatoms. The third-order valence-corrected chi connectivity index (χ3v) is 4.51. The van der Waals surface area contributed by atoms with E-state index in [2.05, 4.69) is 9.46 Å². The van der Waals surface area contributed by atoms with Gasteiger partial charge in [0.05, 0.1) is 11.5 Å². The Kier molecular flexibility index (Phi) is 5.91. The number of halogens is 3. The summed E-state index contributed by atoms with van der Waals surface area (Å²) in [6.45, 7) is 2.23. The molecule has 5 nitrogen and oxygen atoms in total. The molecule has 0 aliphatic heterocycles. The van der Waals surface area contributed by atoms with Crippen molar-refractivity contribution in [2.24, 2.45) is 0 Å². The zero-order chi connectivity index (χ0) is 18.5. The van der Waals surface area contributed by atoms with Gasteiger partial charge >= 0.3 is 6.36 Å². The highest BCUT2D eigenvalue weighted by molar-refractivity contribution is 7.89. The molecule has 2 aromatic carbocycles. The molecule has 1 N–H and O–H groups in total. The molecule has 0 unspecified atom stereocenters. The zero-order valence-electron chi connectivity index (χ0n) is 13.2. The molecule has 0 spiro atoms. The largest absolute Gasteiger partial charge is 0.573 e. The normalized spacial score (nSPS) is 12.0. The number of sulfonamides is 1. The van der Waals surface area contributed by atoms with Crippen molar-refractivity contribution in [3.8, 4) is 11.5 Å². The van der Waals surface area contributed by atoms with Crippen LogP contribution in [0.2, 0.25) is 0 Å². The highest BCUT2D eigenvalue weighted by Gasteiger charge is 2.31. The lowest BCUT2D eigenvalue weighted by Gasteiger charge is -2.12. The van der Waals surface area contributed by atoms with Gasteiger partial charge in [0.1, 0.15) is 11.5 Å². The number of rotatable bonds is 7. The van der Waals surface area contributed by atoms with Crippen LogP contribution in [0.4, 0.5) is 13.2 Å². The Bertz CT molecular complexity index is 805. The SMILES string of the molecule is CCOc1ccccc1CNS(=O)(=O)c1ccc(OC(F)(F)F)cc1. The van der Waals surface area contributed by atoms with E-state index in [9.17, 15) is 21.6 Å². The Balaban J connectivity index is 2.09. The molecule has 136 valence electrons. The fourth-order valence-corrected chi connectivity index (χ4v) is 3.03. The molecular formula is C16H16F3NO4S. The maximum atomic E-state index is 12.3. The predicted molar refractivity (Wildman–Crippen MR) is 84.8 cm³/mol. The number of para-hydroxylation sites is 1. The van der Waals surface area contributed by atoms with Gasteiger partial charge in [0.2, 0.25) is 10.0 Å². The van der Waals surface area contributed by atoms with Crippen molar-refractivity contribution in [3.05, 3.63) is 54.1 Å². The molecule has 0 heterocycles. The van der Waals surface area contributed by atoms with Gasteiger partial charge in [-0.25, -0.2) is 13.1 Å². The number of ether oxygens (including phenoxy) is 2. The van der Waals surface area contributed by atoms with E-state index in [1.807, 2.05) is 6.92 Å². The second kappa shape index (κ2) is 7.75. The highest BCUT2D eigenvalue weighted by Crippen LogP contribution is 2.24. The Morgan fingerprint density at radius 3 is 2.28 bits per heavy atom. The first-order valence-electron chi connectivity index (χ1n) is 7.27. The van der Waals surface area contributed by atoms with Crippen LogP contribution in [0.25, 0.3) is 0 Å². The number of benzene rings is 2. The predicted octanol–water partition coefficient (Wildman–Crippen LogP) is 3.46. The maximum Gasteiger partial charge on any atom is 0.573 e. The summed E-state index contributed by atoms with van der Waals surface area (Å²) in [6.07, 6.45) is -4.83. The van der Waals surface area contributed by atoms with Crippen molar-refractivity contribution in [3.63, 3.8) is 0 Å². The molecular weight excluding hydrogens is 359 g/mol. The first kappa shape index (κ1) is 19.1. The van der Waals surface area contributed by atoms with Crippen LogP contribution in [0.5, 0.6) is 11.5 Å². The molecule has 0 amide bonds. The summed E-state index contributed by atoms with van der Waals surface area (Å²) in [4.78, 5) is -0.170. The molecule has 0 fully saturated rings. The number of alkyl halides is 3. The first-order chi connectivity index (χ1) is 11.7. The second-order valence-electron chi connectivity index (χ2n) is 4.88. The quantitative estimate of drug-likeness (QED) is 0.805. The van der Waals surface area contributed by atoms with Crippen molar-refractivity contribution in [1.82, 2.24) is 4.72 Å². The zero-order valence-corrected chi connectivity index (χ0v) is 14.0. The summed E-state index contributed by atoms with van der Waals surface area (Å²) in [7, 11) is -3.89. The topological polar surface area (TPSA) is 64.6 Å². The third-order valence-electron chi connectivity index (χ3n) is 3.09. The van der Waals surface area contributed by atoms with Crippen LogP contribution < -0.4 is 14.2 Å². The van der Waals surface area contributed by atoms with Crippen LogP contribution in [0.1, 0.15) is 12.5 Å². The molecule has 0 atom stereocenters. The van der Waals surface area contributed by atoms with Gasteiger partial charge in [0, 0.05) is 12.1 Å². The minimum atomic E-state index is -4.83. The average molecular weight is 375 g/mol. The van der Waals surface area contributed by atoms with E-state index in [1.165, 1.54) is 0 Å². The van der Waals surface area contributed by atoms with Crippen molar-refractivity contribution in [2.45, 2.75) is 24.7 Å². The number of hydrogen-bond donors (Lipinski definition) is 1. The Morgan fingerprint density at radius 1 is 1.04 bits per heavy atom. The van der Waals surface area contributed by atoms with Crippen molar-refractivity contribution < 1.29 is 31.1 Å². The molecule has 2 rings (SSSR count). The molecule has 0 bridgehead atoms. The second-order valence-corrected chi connectivity index (χ2v) is 6.65. The number of nitrogens with one attached hydrogen (secondary N) is 1. The van der Waals surface area contributed by atoms with Crippen molar-refractivity contribution in [1.29, 1.82) is 0 Å². The van der Waals surface area contributed by atoms with E-state index in [-0.39, 0.29) is 11.4 Å². The van der Waals surface area contributed by atoms with Crippen LogP contribution in [0, 0.1) is 0 Å². The van der Waals surface area contributed by atoms with Crippen LogP contribution in [0.15, 0.2) is 53.4 Å². The van der Waals surface area contributed by atoms with Crippen molar-refractivity contribution in [2.75, 3.05) is 6.61 Å². The molecule has 0 aliphatic carbocycles. The van der Waals surface area contributed by atoms with Gasteiger partial charge in [-0.05, 0) is 37.3 Å². The van der Waals surface area contributed by atoms with E-state index < -0.39 is 22.1 Å². The average Bonchev–Trinajstić information content (AvgIpc) is 2.53. The van der Waals surface area contributed by atoms with E-state index >= 15 is 0 Å². The van der Waals surface area contributed by atoms with Crippen LogP contribution in [-0.2, 0) is 16.6 Å². The van der Waals surface area contributed by atoms with Crippen LogP contribution >= 0.6 is 0 Å². The lowest BCUT2D eigenvalue weighted by molar-refractivity contribution is -0.274. The van der Waals surface area contributed by atoms with Crippen molar-refractivity contribution >= 4 is 10.0 Å². The minimum Gasteiger partial charge on any atom is -0.494 e. The van der Waals surface area contributed by atoms with E-state index in [0.29, 0.717) is 17.9 Å². The van der Waals surface area contributed by atoms with E-state index in [1.54, 1.807) is 24.3 Å². The summed E-state index contributed by atoms with van der Waals surface area (Å²) >= 11 is 0. The molecule has 25 heavy (non-hydrogen) atoms. The molecule has 0 aromatic heterocycles. The van der Waals surface area contributed by atoms with Gasteiger partial charge in [-0.3, -0.25) is 0 Å². The molecule has 0 radical (unpaired) electrons. The fourth-order valence-electron chi connectivity index (χ4n) is 2.02. The molecule has 0 aliphatic rings. The van der Waals surface area contributed by atoms with Gasteiger partial charge in [0.15, 0.2) is 0 Å². The molecule has 0 saturated carbocycles. The first-order valence-corrected chi connectivity index (χ1v) is 8.76. The lowest BCUT2D eigenvalue weighted by Crippen LogP contribution is -2.23. The monoisotopic (exact) mass is 375 g/mol. The Morgan fingerprint density at radius 2 is 1.68 bits per heavy atom. The van der Waals surface area contributed by atoms with Gasteiger partial charge in [-0.2, -0.15) is 0 Å². The Labute approximate surface area is 143 Å². The summed E-state index contributed by atoms with van der Waals surface area (Å²) in [5.41, 5.74) is 0.643. The summed E-state index contributed by atoms with van der Waals surface area (Å²) < 4.78 is 72.4. The summed E-state index contributed by atoms with van der Waals surface area (Å²) in [6, 6.07) is 10.9. The standard InChI is InChI=1S/C16H16F3NO4S/c1-2-23-15-6-4-3-5-12(15)11-20-25(21,22)14-9-7-13(8-10-14)24-16(17,18)19/h3-10,20H,2,11H2,1H3. The fraction of sp³-hybridized carbons (Fsp3) is 0.250. The van der Waals surface area contributed by atoms with Gasteiger partial charge < -0.3 is 9.47 Å². The third kappa shape index (κ3) is 5.64. The summed E-state index contributed by atoms with van der Waals surface area (Å²) in [5.74, 6) is 0.0646. The molecule has 0 saturated heterocycles. The van der Waals surface area contributed by atoms with Gasteiger partial charge in [-0.1, -0.05) is 18.2 Å². The van der Waals surface area contributed by atoms with E-state index in [4.69, 9.17) is 4.74 Å². The molecule has 2 aromatic rings. The summed E-state index contributed by atoms with van der Waals surface area (Å²) in [5, 5.41) is 0. The van der Waals surface area contributed by atoms with Gasteiger partial charge in [0.25, 0.3) is 0 Å².